The molecule has 2 rings (SSSR count). The quantitative estimate of drug-likeness (QED) is 0.774. The Bertz CT molecular complexity index is 738. The Kier molecular flexibility index (Phi) is 4.89. The first-order valence-corrected chi connectivity index (χ1v) is 9.16. The first kappa shape index (κ1) is 17.2. The molecule has 0 spiro atoms. The molecule has 0 atom stereocenters. The van der Waals surface area contributed by atoms with Crippen molar-refractivity contribution in [3.8, 4) is 0 Å². The topological polar surface area (TPSA) is 74.8 Å². The van der Waals surface area contributed by atoms with Crippen molar-refractivity contribution in [1.82, 2.24) is 10.0 Å². The molecule has 124 valence electrons. The number of hydrogen-bond donors (Lipinski definition) is 0. The van der Waals surface area contributed by atoms with Crippen LogP contribution in [0.25, 0.3) is 0 Å². The predicted octanol–water partition coefficient (Wildman–Crippen LogP) is 1.18. The molecule has 1 aliphatic rings. The first-order chi connectivity index (χ1) is 10.7. The lowest BCUT2D eigenvalue weighted by Gasteiger charge is -2.28. The molecule has 1 aliphatic heterocycles. The summed E-state index contributed by atoms with van der Waals surface area (Å²) in [6, 6.07) is 6.21. The average molecular weight is 336 g/mol. The van der Waals surface area contributed by atoms with Crippen molar-refractivity contribution in [3.63, 3.8) is 0 Å². The highest BCUT2D eigenvalue weighted by Gasteiger charge is 2.30. The van der Waals surface area contributed by atoms with E-state index in [0.717, 1.165) is 12.7 Å². The van der Waals surface area contributed by atoms with Gasteiger partial charge in [0.1, 0.15) is 0 Å². The van der Waals surface area contributed by atoms with Crippen molar-refractivity contribution in [2.24, 2.45) is 0 Å². The summed E-state index contributed by atoms with van der Waals surface area (Å²) in [4.78, 5) is 24.7. The van der Waals surface area contributed by atoms with Crippen LogP contribution in [0.15, 0.2) is 41.3 Å². The van der Waals surface area contributed by atoms with E-state index in [1.807, 2.05) is 0 Å². The fraction of sp³-hybridized carbons (Fsp3) is 0.375. The summed E-state index contributed by atoms with van der Waals surface area (Å²) < 4.78 is 22.9. The smallest absolute Gasteiger partial charge is 0.267 e. The maximum Gasteiger partial charge on any atom is 0.267 e. The van der Waals surface area contributed by atoms with Gasteiger partial charge in [-0.15, -0.1) is 0 Å². The SMILES string of the molecule is C=C(C)C(=O)N1CCCN1C(=O)Cc1ccc(S(C)(=O)=O)cc1. The molecule has 0 aliphatic carbocycles. The summed E-state index contributed by atoms with van der Waals surface area (Å²) in [6.45, 7) is 6.25. The van der Waals surface area contributed by atoms with E-state index in [-0.39, 0.29) is 23.1 Å². The molecule has 0 N–H and O–H groups in total. The molecule has 23 heavy (non-hydrogen) atoms. The van der Waals surface area contributed by atoms with Gasteiger partial charge in [-0.05, 0) is 31.0 Å². The van der Waals surface area contributed by atoms with Crippen LogP contribution in [0.4, 0.5) is 0 Å². The Morgan fingerprint density at radius 1 is 1.13 bits per heavy atom. The lowest BCUT2D eigenvalue weighted by atomic mass is 10.1. The summed E-state index contributed by atoms with van der Waals surface area (Å²) >= 11 is 0. The van der Waals surface area contributed by atoms with Crippen LogP contribution < -0.4 is 0 Å². The number of hydrazine groups is 1. The Morgan fingerprint density at radius 3 is 2.22 bits per heavy atom. The Hall–Kier alpha value is -2.15. The fourth-order valence-electron chi connectivity index (χ4n) is 2.42. The van der Waals surface area contributed by atoms with Gasteiger partial charge in [0.05, 0.1) is 11.3 Å². The van der Waals surface area contributed by atoms with Gasteiger partial charge in [-0.25, -0.2) is 13.4 Å². The number of sulfone groups is 1. The van der Waals surface area contributed by atoms with E-state index in [4.69, 9.17) is 0 Å². The van der Waals surface area contributed by atoms with Crippen molar-refractivity contribution >= 4 is 21.7 Å². The monoisotopic (exact) mass is 336 g/mol. The van der Waals surface area contributed by atoms with Crippen LogP contribution in [-0.2, 0) is 25.8 Å². The molecule has 0 saturated carbocycles. The highest BCUT2D eigenvalue weighted by molar-refractivity contribution is 7.90. The van der Waals surface area contributed by atoms with Crippen LogP contribution >= 0.6 is 0 Å². The van der Waals surface area contributed by atoms with Crippen molar-refractivity contribution in [1.29, 1.82) is 0 Å². The third-order valence-corrected chi connectivity index (χ3v) is 4.75. The van der Waals surface area contributed by atoms with Crippen LogP contribution in [0, 0.1) is 0 Å². The van der Waals surface area contributed by atoms with Crippen molar-refractivity contribution < 1.29 is 18.0 Å². The van der Waals surface area contributed by atoms with Crippen molar-refractivity contribution in [3.05, 3.63) is 42.0 Å². The van der Waals surface area contributed by atoms with Crippen LogP contribution in [0.3, 0.4) is 0 Å². The third kappa shape index (κ3) is 3.98. The van der Waals surface area contributed by atoms with E-state index >= 15 is 0 Å². The zero-order valence-corrected chi connectivity index (χ0v) is 14.1. The molecule has 0 radical (unpaired) electrons. The maximum atomic E-state index is 12.4. The molecule has 0 aromatic heterocycles. The van der Waals surface area contributed by atoms with E-state index in [1.54, 1.807) is 19.1 Å². The van der Waals surface area contributed by atoms with Gasteiger partial charge in [0.25, 0.3) is 5.91 Å². The molecule has 7 heteroatoms. The second kappa shape index (κ2) is 6.54. The molecule has 1 fully saturated rings. The minimum absolute atomic E-state index is 0.115. The van der Waals surface area contributed by atoms with Gasteiger partial charge >= 0.3 is 0 Å². The van der Waals surface area contributed by atoms with Gasteiger partial charge in [-0.3, -0.25) is 14.6 Å². The van der Waals surface area contributed by atoms with Gasteiger partial charge in [0.15, 0.2) is 9.84 Å². The van der Waals surface area contributed by atoms with Gasteiger partial charge in [-0.1, -0.05) is 18.7 Å². The van der Waals surface area contributed by atoms with Crippen LogP contribution in [0.5, 0.6) is 0 Å². The molecule has 2 amide bonds. The number of carbonyl (C=O) groups is 2. The molecular weight excluding hydrogens is 316 g/mol. The second-order valence-corrected chi connectivity index (χ2v) is 7.69. The summed E-state index contributed by atoms with van der Waals surface area (Å²) in [5.74, 6) is -0.438. The molecule has 0 unspecified atom stereocenters. The van der Waals surface area contributed by atoms with Gasteiger partial charge in [-0.2, -0.15) is 0 Å². The maximum absolute atomic E-state index is 12.4. The van der Waals surface area contributed by atoms with Gasteiger partial charge < -0.3 is 0 Å². The average Bonchev–Trinajstić information content (AvgIpc) is 2.95. The normalized spacial score (nSPS) is 14.9. The van der Waals surface area contributed by atoms with Crippen LogP contribution in [0.1, 0.15) is 18.9 Å². The third-order valence-electron chi connectivity index (χ3n) is 3.63. The van der Waals surface area contributed by atoms with Gasteiger partial charge in [0.2, 0.25) is 5.91 Å². The number of rotatable bonds is 4. The lowest BCUT2D eigenvalue weighted by molar-refractivity contribution is -0.154. The number of hydrogen-bond acceptors (Lipinski definition) is 4. The molecule has 1 aromatic carbocycles. The summed E-state index contributed by atoms with van der Waals surface area (Å²) in [6.07, 6.45) is 1.99. The van der Waals surface area contributed by atoms with Crippen molar-refractivity contribution in [2.45, 2.75) is 24.7 Å². The van der Waals surface area contributed by atoms with Gasteiger partial charge in [0, 0.05) is 24.9 Å². The molecule has 1 saturated heterocycles. The molecule has 0 bridgehead atoms. The Morgan fingerprint density at radius 2 is 1.70 bits per heavy atom. The molecule has 6 nitrogen and oxygen atoms in total. The van der Waals surface area contributed by atoms with E-state index in [0.29, 0.717) is 24.2 Å². The molecule has 1 heterocycles. The Balaban J connectivity index is 2.09. The van der Waals surface area contributed by atoms with Crippen molar-refractivity contribution in [2.75, 3.05) is 19.3 Å². The minimum Gasteiger partial charge on any atom is -0.273 e. The predicted molar refractivity (Wildman–Crippen MR) is 86.1 cm³/mol. The standard InChI is InChI=1S/C16H20N2O4S/c1-12(2)16(20)18-10-4-9-17(18)15(19)11-13-5-7-14(8-6-13)23(3,21)22/h5-8H,1,4,9-11H2,2-3H3. The van der Waals surface area contributed by atoms with E-state index < -0.39 is 9.84 Å². The summed E-state index contributed by atoms with van der Waals surface area (Å²) in [5, 5.41) is 2.87. The summed E-state index contributed by atoms with van der Waals surface area (Å²) in [7, 11) is -3.25. The fourth-order valence-corrected chi connectivity index (χ4v) is 3.05. The van der Waals surface area contributed by atoms with E-state index in [2.05, 4.69) is 6.58 Å². The number of carbonyl (C=O) groups excluding carboxylic acids is 2. The highest BCUT2D eigenvalue weighted by atomic mass is 32.2. The second-order valence-electron chi connectivity index (χ2n) is 5.67. The largest absolute Gasteiger partial charge is 0.273 e. The first-order valence-electron chi connectivity index (χ1n) is 7.27. The minimum atomic E-state index is -3.25. The van der Waals surface area contributed by atoms with E-state index in [1.165, 1.54) is 22.2 Å². The highest BCUT2D eigenvalue weighted by Crippen LogP contribution is 2.17. The molecular formula is C16H20N2O4S. The zero-order chi connectivity index (χ0) is 17.2. The number of benzene rings is 1. The van der Waals surface area contributed by atoms with Crippen LogP contribution in [0.2, 0.25) is 0 Å². The van der Waals surface area contributed by atoms with Crippen LogP contribution in [-0.4, -0.2) is 49.6 Å². The summed E-state index contributed by atoms with van der Waals surface area (Å²) in [5.41, 5.74) is 1.10. The lowest BCUT2D eigenvalue weighted by Crippen LogP contribution is -2.45. The zero-order valence-electron chi connectivity index (χ0n) is 13.3. The molecule has 1 aromatic rings. The number of amides is 2. The number of nitrogens with zero attached hydrogens (tertiary/aromatic N) is 2. The van der Waals surface area contributed by atoms with E-state index in [9.17, 15) is 18.0 Å². The Labute approximate surface area is 136 Å².